The molecule has 1 N–H and O–H groups in total. The van der Waals surface area contributed by atoms with Crippen molar-refractivity contribution in [1.29, 1.82) is 5.26 Å². The van der Waals surface area contributed by atoms with Gasteiger partial charge >= 0.3 is 0 Å². The van der Waals surface area contributed by atoms with Crippen molar-refractivity contribution in [1.82, 2.24) is 9.97 Å². The molecule has 0 unspecified atom stereocenters. The van der Waals surface area contributed by atoms with Gasteiger partial charge in [0.15, 0.2) is 11.6 Å². The van der Waals surface area contributed by atoms with Crippen LogP contribution < -0.4 is 10.2 Å². The molecule has 7 heteroatoms. The zero-order valence-corrected chi connectivity index (χ0v) is 16.4. The predicted molar refractivity (Wildman–Crippen MR) is 112 cm³/mol. The van der Waals surface area contributed by atoms with Gasteiger partial charge in [-0.2, -0.15) is 5.26 Å². The molecule has 142 valence electrons. The highest BCUT2D eigenvalue weighted by atomic mass is 32.1. The van der Waals surface area contributed by atoms with E-state index in [1.807, 2.05) is 24.3 Å². The van der Waals surface area contributed by atoms with Gasteiger partial charge in [0.2, 0.25) is 0 Å². The third kappa shape index (κ3) is 3.09. The standard InChI is InChI=1S/C21H21N5OS/c22-13-15-14-5-1-4-8-18(14)28-21(15)25-19-20(26-9-11-27-12-10-26)24-17-7-3-2-6-16(17)23-19/h2-3,6-7H,1,4-5,8-12H2,(H,23,25). The number of hydrogen-bond acceptors (Lipinski definition) is 7. The molecule has 2 aromatic heterocycles. The van der Waals surface area contributed by atoms with E-state index in [2.05, 4.69) is 16.3 Å². The summed E-state index contributed by atoms with van der Waals surface area (Å²) in [5.41, 5.74) is 3.73. The summed E-state index contributed by atoms with van der Waals surface area (Å²) in [6.07, 6.45) is 4.42. The molecule has 5 rings (SSSR count). The zero-order chi connectivity index (χ0) is 18.9. The number of rotatable bonds is 3. The van der Waals surface area contributed by atoms with E-state index in [4.69, 9.17) is 14.7 Å². The number of fused-ring (bicyclic) bond motifs is 2. The molecule has 0 atom stereocenters. The molecular weight excluding hydrogens is 370 g/mol. The fourth-order valence-electron chi connectivity index (χ4n) is 3.95. The van der Waals surface area contributed by atoms with Gasteiger partial charge < -0.3 is 15.0 Å². The fraction of sp³-hybridized carbons (Fsp3) is 0.381. The van der Waals surface area contributed by atoms with Crippen LogP contribution in [0.4, 0.5) is 16.6 Å². The summed E-state index contributed by atoms with van der Waals surface area (Å²) in [6.45, 7) is 2.94. The summed E-state index contributed by atoms with van der Waals surface area (Å²) >= 11 is 1.70. The Balaban J connectivity index is 1.60. The number of nitrogens with zero attached hydrogens (tertiary/aromatic N) is 4. The van der Waals surface area contributed by atoms with E-state index in [9.17, 15) is 5.26 Å². The lowest BCUT2D eigenvalue weighted by Gasteiger charge is -2.29. The molecule has 3 aromatic rings. The molecule has 0 spiro atoms. The molecule has 1 fully saturated rings. The van der Waals surface area contributed by atoms with E-state index in [-0.39, 0.29) is 0 Å². The van der Waals surface area contributed by atoms with Crippen molar-refractivity contribution in [3.63, 3.8) is 0 Å². The van der Waals surface area contributed by atoms with Crippen molar-refractivity contribution in [3.8, 4) is 6.07 Å². The second-order valence-electron chi connectivity index (χ2n) is 7.14. The van der Waals surface area contributed by atoms with E-state index in [0.717, 1.165) is 65.6 Å². The smallest absolute Gasteiger partial charge is 0.175 e. The molecule has 3 heterocycles. The van der Waals surface area contributed by atoms with Crippen molar-refractivity contribution < 1.29 is 4.74 Å². The normalized spacial score (nSPS) is 16.6. The van der Waals surface area contributed by atoms with Crippen molar-refractivity contribution in [2.24, 2.45) is 0 Å². The molecule has 0 saturated carbocycles. The Kier molecular flexibility index (Phi) is 4.59. The van der Waals surface area contributed by atoms with Crippen molar-refractivity contribution >= 4 is 39.0 Å². The lowest BCUT2D eigenvalue weighted by atomic mass is 9.96. The third-order valence-electron chi connectivity index (χ3n) is 5.38. The number of aryl methyl sites for hydroxylation is 1. The molecule has 0 amide bonds. The molecule has 0 bridgehead atoms. The average Bonchev–Trinajstić information content (AvgIpc) is 3.11. The van der Waals surface area contributed by atoms with E-state index in [0.29, 0.717) is 13.2 Å². The maximum absolute atomic E-state index is 9.78. The van der Waals surface area contributed by atoms with Crippen LogP contribution in [0.15, 0.2) is 24.3 Å². The second-order valence-corrected chi connectivity index (χ2v) is 8.24. The molecule has 1 aliphatic heterocycles. The second kappa shape index (κ2) is 7.38. The van der Waals surface area contributed by atoms with Gasteiger partial charge in [-0.1, -0.05) is 12.1 Å². The summed E-state index contributed by atoms with van der Waals surface area (Å²) in [6, 6.07) is 10.3. The molecule has 6 nitrogen and oxygen atoms in total. The average molecular weight is 392 g/mol. The third-order valence-corrected chi connectivity index (χ3v) is 6.59. The van der Waals surface area contributed by atoms with Crippen LogP contribution in [-0.2, 0) is 17.6 Å². The van der Waals surface area contributed by atoms with E-state index < -0.39 is 0 Å². The van der Waals surface area contributed by atoms with E-state index in [1.54, 1.807) is 11.3 Å². The maximum Gasteiger partial charge on any atom is 0.175 e. The van der Waals surface area contributed by atoms with Crippen molar-refractivity contribution in [2.75, 3.05) is 36.5 Å². The van der Waals surface area contributed by atoms with Crippen LogP contribution in [0.3, 0.4) is 0 Å². The van der Waals surface area contributed by atoms with Crippen LogP contribution in [0.1, 0.15) is 28.8 Å². The quantitative estimate of drug-likeness (QED) is 0.727. The highest BCUT2D eigenvalue weighted by Gasteiger charge is 2.24. The minimum atomic E-state index is 0.685. The van der Waals surface area contributed by atoms with E-state index >= 15 is 0 Å². The molecule has 28 heavy (non-hydrogen) atoms. The van der Waals surface area contributed by atoms with Crippen LogP contribution in [0.2, 0.25) is 0 Å². The lowest BCUT2D eigenvalue weighted by Crippen LogP contribution is -2.37. The summed E-state index contributed by atoms with van der Waals surface area (Å²) in [5.74, 6) is 1.55. The molecule has 1 aromatic carbocycles. The zero-order valence-electron chi connectivity index (χ0n) is 15.6. The number of nitrogens with one attached hydrogen (secondary N) is 1. The lowest BCUT2D eigenvalue weighted by molar-refractivity contribution is 0.122. The summed E-state index contributed by atoms with van der Waals surface area (Å²) in [4.78, 5) is 13.3. The first-order valence-electron chi connectivity index (χ1n) is 9.74. The molecule has 2 aliphatic rings. The Bertz CT molecular complexity index is 1060. The number of morpholine rings is 1. The monoisotopic (exact) mass is 391 g/mol. The van der Waals surface area contributed by atoms with Gasteiger partial charge in [-0.25, -0.2) is 9.97 Å². The molecule has 0 radical (unpaired) electrons. The minimum Gasteiger partial charge on any atom is -0.378 e. The molecular formula is C21H21N5OS. The number of aromatic nitrogens is 2. The Morgan fingerprint density at radius 3 is 2.61 bits per heavy atom. The van der Waals surface area contributed by atoms with Gasteiger partial charge in [-0.05, 0) is 43.4 Å². The number of ether oxygens (including phenoxy) is 1. The predicted octanol–water partition coefficient (Wildman–Crippen LogP) is 4.02. The largest absolute Gasteiger partial charge is 0.378 e. The summed E-state index contributed by atoms with van der Waals surface area (Å²) in [5, 5.41) is 14.2. The number of benzene rings is 1. The molecule has 1 aliphatic carbocycles. The van der Waals surface area contributed by atoms with Gasteiger partial charge in [0, 0.05) is 18.0 Å². The highest BCUT2D eigenvalue weighted by molar-refractivity contribution is 7.16. The van der Waals surface area contributed by atoms with Crippen molar-refractivity contribution in [2.45, 2.75) is 25.7 Å². The number of hydrogen-bond donors (Lipinski definition) is 1. The van der Waals surface area contributed by atoms with Crippen LogP contribution >= 0.6 is 11.3 Å². The Morgan fingerprint density at radius 2 is 1.82 bits per heavy atom. The molecule has 1 saturated heterocycles. The van der Waals surface area contributed by atoms with Crippen LogP contribution in [0.25, 0.3) is 11.0 Å². The van der Waals surface area contributed by atoms with Gasteiger partial charge in [-0.15, -0.1) is 11.3 Å². The van der Waals surface area contributed by atoms with E-state index in [1.165, 1.54) is 16.9 Å². The number of thiophene rings is 1. The van der Waals surface area contributed by atoms with Gasteiger partial charge in [0.05, 0.1) is 29.8 Å². The van der Waals surface area contributed by atoms with Gasteiger partial charge in [-0.3, -0.25) is 0 Å². The highest BCUT2D eigenvalue weighted by Crippen LogP contribution is 2.40. The van der Waals surface area contributed by atoms with Crippen LogP contribution in [-0.4, -0.2) is 36.3 Å². The van der Waals surface area contributed by atoms with Crippen LogP contribution in [0.5, 0.6) is 0 Å². The first kappa shape index (κ1) is 17.4. The minimum absolute atomic E-state index is 0.685. The Morgan fingerprint density at radius 1 is 1.07 bits per heavy atom. The number of nitriles is 1. The maximum atomic E-state index is 9.78. The first-order chi connectivity index (χ1) is 13.8. The summed E-state index contributed by atoms with van der Waals surface area (Å²) in [7, 11) is 0. The van der Waals surface area contributed by atoms with Gasteiger partial charge in [0.1, 0.15) is 11.1 Å². The topological polar surface area (TPSA) is 74.1 Å². The van der Waals surface area contributed by atoms with Crippen LogP contribution in [0, 0.1) is 11.3 Å². The number of para-hydroxylation sites is 2. The Labute approximate surface area is 167 Å². The SMILES string of the molecule is N#Cc1c(Nc2nc3ccccc3nc2N2CCOCC2)sc2c1CCCC2. The Hall–Kier alpha value is -2.69. The number of anilines is 3. The van der Waals surface area contributed by atoms with Gasteiger partial charge in [0.25, 0.3) is 0 Å². The fourth-order valence-corrected chi connectivity index (χ4v) is 5.19. The first-order valence-corrected chi connectivity index (χ1v) is 10.6. The van der Waals surface area contributed by atoms with Crippen molar-refractivity contribution in [3.05, 3.63) is 40.3 Å². The summed E-state index contributed by atoms with van der Waals surface area (Å²) < 4.78 is 5.51.